The summed E-state index contributed by atoms with van der Waals surface area (Å²) < 4.78 is 17.9. The summed E-state index contributed by atoms with van der Waals surface area (Å²) in [4.78, 5) is 30.4. The molecule has 2 aromatic heterocycles. The van der Waals surface area contributed by atoms with Crippen molar-refractivity contribution in [3.8, 4) is 0 Å². The van der Waals surface area contributed by atoms with Crippen molar-refractivity contribution in [2.45, 2.75) is 26.3 Å². The van der Waals surface area contributed by atoms with Gasteiger partial charge in [-0.25, -0.2) is 15.0 Å². The molecule has 0 aliphatic carbocycles. The first-order valence-electron chi connectivity index (χ1n) is 6.50. The third kappa shape index (κ3) is 4.02. The molecular weight excluding hydrogens is 377 g/mol. The minimum absolute atomic E-state index is 0.107. The number of anilines is 1. The van der Waals surface area contributed by atoms with Crippen LogP contribution >= 0.6 is 23.5 Å². The van der Waals surface area contributed by atoms with Crippen LogP contribution in [0.3, 0.4) is 0 Å². The van der Waals surface area contributed by atoms with E-state index in [0.717, 1.165) is 0 Å². The molecule has 0 fully saturated rings. The Balaban J connectivity index is 2.25. The van der Waals surface area contributed by atoms with Crippen molar-refractivity contribution in [2.24, 2.45) is 0 Å². The number of hydrogen-bond donors (Lipinski definition) is 3. The smallest absolute Gasteiger partial charge is 0.350 e. The Hall–Kier alpha value is -1.06. The maximum Gasteiger partial charge on any atom is 0.350 e. The van der Waals surface area contributed by atoms with E-state index in [4.69, 9.17) is 20.3 Å². The van der Waals surface area contributed by atoms with E-state index in [1.54, 1.807) is 4.57 Å². The second-order valence-corrected chi connectivity index (χ2v) is 7.33. The molecule has 0 aromatic carbocycles. The first-order chi connectivity index (χ1) is 10.2. The lowest BCUT2D eigenvalue weighted by molar-refractivity contribution is 0.149. The van der Waals surface area contributed by atoms with Crippen LogP contribution in [0, 0.1) is 0 Å². The quantitative estimate of drug-likeness (QED) is 0.381. The van der Waals surface area contributed by atoms with Crippen molar-refractivity contribution in [3.63, 3.8) is 0 Å². The zero-order chi connectivity index (χ0) is 16.5. The predicted octanol–water partition coefficient (Wildman–Crippen LogP) is 1.45. The molecule has 0 bridgehead atoms. The van der Waals surface area contributed by atoms with Crippen molar-refractivity contribution in [2.75, 3.05) is 18.7 Å². The minimum Gasteiger partial charge on any atom is -0.382 e. The fourth-order valence-electron chi connectivity index (χ4n) is 1.81. The zero-order valence-electron chi connectivity index (χ0n) is 12.1. The predicted molar refractivity (Wildman–Crippen MR) is 84.4 cm³/mol. The summed E-state index contributed by atoms with van der Waals surface area (Å²) >= 11 is 3.32. The molecule has 2 heterocycles. The van der Waals surface area contributed by atoms with Gasteiger partial charge in [0.05, 0.1) is 13.2 Å². The highest BCUT2D eigenvalue weighted by molar-refractivity contribution is 9.10. The van der Waals surface area contributed by atoms with E-state index in [0.29, 0.717) is 34.1 Å². The van der Waals surface area contributed by atoms with Crippen molar-refractivity contribution < 1.29 is 19.1 Å². The van der Waals surface area contributed by atoms with Crippen LogP contribution in [-0.4, -0.2) is 42.3 Å². The van der Waals surface area contributed by atoms with Crippen molar-refractivity contribution >= 4 is 40.5 Å². The van der Waals surface area contributed by atoms with Crippen LogP contribution in [0.1, 0.15) is 25.6 Å². The molecule has 22 heavy (non-hydrogen) atoms. The van der Waals surface area contributed by atoms with Gasteiger partial charge in [-0.05, 0) is 15.9 Å². The molecular formula is C11H17BrN5O4P. The van der Waals surface area contributed by atoms with E-state index < -0.39 is 13.9 Å². The average Bonchev–Trinajstić information content (AvgIpc) is 2.70. The fourth-order valence-corrected chi connectivity index (χ4v) is 2.70. The maximum absolute atomic E-state index is 10.7. The summed E-state index contributed by atoms with van der Waals surface area (Å²) in [5.41, 5.74) is 6.94. The Morgan fingerprint density at radius 2 is 2.05 bits per heavy atom. The van der Waals surface area contributed by atoms with Gasteiger partial charge in [0.15, 0.2) is 21.7 Å². The first kappa shape index (κ1) is 17.3. The lowest BCUT2D eigenvalue weighted by Crippen LogP contribution is -2.09. The van der Waals surface area contributed by atoms with Crippen LogP contribution in [0.2, 0.25) is 0 Å². The summed E-state index contributed by atoms with van der Waals surface area (Å²) in [7, 11) is -4.17. The van der Waals surface area contributed by atoms with Gasteiger partial charge in [-0.3, -0.25) is 4.57 Å². The molecule has 2 rings (SSSR count). The highest BCUT2D eigenvalue weighted by Gasteiger charge is 2.17. The van der Waals surface area contributed by atoms with Gasteiger partial charge in [0.1, 0.15) is 12.2 Å². The normalized spacial score (nSPS) is 12.5. The third-order valence-electron chi connectivity index (χ3n) is 2.83. The van der Waals surface area contributed by atoms with Gasteiger partial charge in [0.2, 0.25) is 0 Å². The molecule has 2 aromatic rings. The molecule has 9 nitrogen and oxygen atoms in total. The van der Waals surface area contributed by atoms with Gasteiger partial charge in [-0.15, -0.1) is 0 Å². The van der Waals surface area contributed by atoms with E-state index in [-0.39, 0.29) is 12.5 Å². The molecule has 4 N–H and O–H groups in total. The van der Waals surface area contributed by atoms with Crippen LogP contribution in [0.25, 0.3) is 11.2 Å². The molecule has 0 aliphatic rings. The Bertz CT molecular complexity index is 729. The number of rotatable bonds is 6. The minimum atomic E-state index is -4.17. The zero-order valence-corrected chi connectivity index (χ0v) is 14.6. The molecule has 11 heteroatoms. The van der Waals surface area contributed by atoms with Crippen LogP contribution in [0.4, 0.5) is 5.82 Å². The number of nitrogens with two attached hydrogens (primary N) is 1. The number of fused-ring (bicyclic) bond motifs is 1. The number of ether oxygens (including phenoxy) is 1. The molecule has 122 valence electrons. The summed E-state index contributed by atoms with van der Waals surface area (Å²) in [6.45, 7) is 4.35. The largest absolute Gasteiger partial charge is 0.382 e. The van der Waals surface area contributed by atoms with Gasteiger partial charge in [0, 0.05) is 5.92 Å². The van der Waals surface area contributed by atoms with Gasteiger partial charge in [-0.2, -0.15) is 0 Å². The Morgan fingerprint density at radius 3 is 2.64 bits per heavy atom. The lowest BCUT2D eigenvalue weighted by Gasteiger charge is -2.09. The van der Waals surface area contributed by atoms with E-state index in [1.807, 2.05) is 13.8 Å². The molecule has 0 radical (unpaired) electrons. The summed E-state index contributed by atoms with van der Waals surface area (Å²) in [6.07, 6.45) is -0.619. The van der Waals surface area contributed by atoms with Gasteiger partial charge in [-0.1, -0.05) is 13.8 Å². The van der Waals surface area contributed by atoms with E-state index in [9.17, 15) is 4.57 Å². The number of nitrogen functional groups attached to an aromatic ring is 1. The Labute approximate surface area is 135 Å². The van der Waals surface area contributed by atoms with Gasteiger partial charge in [0.25, 0.3) is 0 Å². The Morgan fingerprint density at radius 1 is 1.36 bits per heavy atom. The number of aromatic nitrogens is 4. The topological polar surface area (TPSA) is 136 Å². The monoisotopic (exact) mass is 393 g/mol. The van der Waals surface area contributed by atoms with Crippen molar-refractivity contribution in [1.82, 2.24) is 19.5 Å². The lowest BCUT2D eigenvalue weighted by atomic mass is 10.2. The third-order valence-corrected chi connectivity index (χ3v) is 3.95. The van der Waals surface area contributed by atoms with Gasteiger partial charge < -0.3 is 24.8 Å². The second kappa shape index (κ2) is 6.59. The molecule has 0 amide bonds. The average molecular weight is 394 g/mol. The number of halogens is 1. The van der Waals surface area contributed by atoms with Crippen LogP contribution < -0.4 is 5.73 Å². The van der Waals surface area contributed by atoms with Gasteiger partial charge >= 0.3 is 7.60 Å². The number of nitrogens with zero attached hydrogens (tertiary/aromatic N) is 4. The molecule has 0 atom stereocenters. The Kier molecular flexibility index (Phi) is 5.18. The fraction of sp³-hybridized carbons (Fsp3) is 0.545. The van der Waals surface area contributed by atoms with E-state index in [1.165, 1.54) is 0 Å². The maximum atomic E-state index is 10.7. The summed E-state index contributed by atoms with van der Waals surface area (Å²) in [6, 6.07) is 0. The highest BCUT2D eigenvalue weighted by Crippen LogP contribution is 2.33. The number of imidazole rings is 1. The molecule has 0 unspecified atom stereocenters. The van der Waals surface area contributed by atoms with Crippen LogP contribution in [0.5, 0.6) is 0 Å². The van der Waals surface area contributed by atoms with Crippen molar-refractivity contribution in [1.29, 1.82) is 0 Å². The second-order valence-electron chi connectivity index (χ2n) is 5.03. The summed E-state index contributed by atoms with van der Waals surface area (Å²) in [5, 5.41) is 0. The molecule has 0 spiro atoms. The van der Waals surface area contributed by atoms with Crippen LogP contribution in [-0.2, 0) is 15.8 Å². The first-order valence-corrected chi connectivity index (χ1v) is 9.09. The van der Waals surface area contributed by atoms with E-state index in [2.05, 4.69) is 30.9 Å². The number of hydrogen-bond acceptors (Lipinski definition) is 6. The summed E-state index contributed by atoms with van der Waals surface area (Å²) in [5.74, 6) is 1.01. The highest BCUT2D eigenvalue weighted by atomic mass is 79.9. The SMILES string of the molecule is CC(C)c1nc(N)c2nc(Br)n(CCOCP(=O)(O)O)c2n1. The van der Waals surface area contributed by atoms with Crippen LogP contribution in [0.15, 0.2) is 4.73 Å². The molecule has 0 aliphatic heterocycles. The molecule has 0 saturated heterocycles. The molecule has 0 saturated carbocycles. The van der Waals surface area contributed by atoms with E-state index >= 15 is 0 Å². The standard InChI is InChI=1S/C11H17BrN5O4P/c1-6(2)9-15-8(13)7-10(16-9)17(11(12)14-7)3-4-21-5-22(18,19)20/h6H,3-5H2,1-2H3,(H2,13,15,16)(H2,18,19,20). The van der Waals surface area contributed by atoms with Crippen molar-refractivity contribution in [3.05, 3.63) is 10.6 Å².